The number of benzene rings is 1. The summed E-state index contributed by atoms with van der Waals surface area (Å²) in [5, 5.41) is 8.99. The lowest BCUT2D eigenvalue weighted by molar-refractivity contribution is -0.137. The third kappa shape index (κ3) is 3.78. The first-order valence-electron chi connectivity index (χ1n) is 6.47. The van der Waals surface area contributed by atoms with Gasteiger partial charge in [-0.1, -0.05) is 6.07 Å². The number of carbonyl (C=O) groups is 1. The van der Waals surface area contributed by atoms with Crippen molar-refractivity contribution in [3.63, 3.8) is 0 Å². The van der Waals surface area contributed by atoms with E-state index >= 15 is 0 Å². The molecule has 0 aliphatic carbocycles. The molecule has 22 heavy (non-hydrogen) atoms. The molecule has 0 aliphatic heterocycles. The number of aryl methyl sites for hydroxylation is 1. The minimum atomic E-state index is -4.44. The summed E-state index contributed by atoms with van der Waals surface area (Å²) in [5.74, 6) is 0. The highest BCUT2D eigenvalue weighted by atomic mass is 19.4. The van der Waals surface area contributed by atoms with Gasteiger partial charge in [-0.2, -0.15) is 18.3 Å². The fourth-order valence-corrected chi connectivity index (χ4v) is 1.84. The number of hydrogen-bond acceptors (Lipinski definition) is 2. The molecule has 1 heterocycles. The normalized spacial score (nSPS) is 11.3. The summed E-state index contributed by atoms with van der Waals surface area (Å²) in [5.41, 5.74) is 1.00. The van der Waals surface area contributed by atoms with E-state index in [2.05, 4.69) is 15.7 Å². The zero-order valence-electron chi connectivity index (χ0n) is 12.0. The van der Waals surface area contributed by atoms with Crippen LogP contribution in [0.4, 0.5) is 23.7 Å². The number of amides is 2. The Morgan fingerprint density at radius 3 is 2.68 bits per heavy atom. The minimum absolute atomic E-state index is 0.0789. The average Bonchev–Trinajstić information content (AvgIpc) is 2.76. The highest BCUT2D eigenvalue weighted by Gasteiger charge is 2.30. The van der Waals surface area contributed by atoms with Gasteiger partial charge in [0.2, 0.25) is 0 Å². The van der Waals surface area contributed by atoms with Gasteiger partial charge in [0.05, 0.1) is 11.8 Å². The molecule has 0 atom stereocenters. The largest absolute Gasteiger partial charge is 0.416 e. The molecule has 0 fully saturated rings. The summed E-state index contributed by atoms with van der Waals surface area (Å²) in [7, 11) is 1.78. The lowest BCUT2D eigenvalue weighted by Gasteiger charge is -2.10. The van der Waals surface area contributed by atoms with Crippen LogP contribution in [0.5, 0.6) is 0 Å². The molecule has 1 aromatic carbocycles. The first kappa shape index (κ1) is 15.9. The van der Waals surface area contributed by atoms with E-state index < -0.39 is 17.8 Å². The van der Waals surface area contributed by atoms with Crippen molar-refractivity contribution >= 4 is 11.7 Å². The summed E-state index contributed by atoms with van der Waals surface area (Å²) in [4.78, 5) is 11.7. The van der Waals surface area contributed by atoms with E-state index in [4.69, 9.17) is 0 Å². The fraction of sp³-hybridized carbons (Fsp3) is 0.286. The van der Waals surface area contributed by atoms with E-state index in [1.165, 1.54) is 12.1 Å². The maximum absolute atomic E-state index is 12.6. The van der Waals surface area contributed by atoms with E-state index in [0.29, 0.717) is 0 Å². The summed E-state index contributed by atoms with van der Waals surface area (Å²) >= 11 is 0. The van der Waals surface area contributed by atoms with Gasteiger partial charge in [0.15, 0.2) is 0 Å². The average molecular weight is 312 g/mol. The van der Waals surface area contributed by atoms with Crippen LogP contribution in [0.3, 0.4) is 0 Å². The number of urea groups is 1. The predicted octanol–water partition coefficient (Wildman–Crippen LogP) is 3.07. The number of rotatable bonds is 3. The van der Waals surface area contributed by atoms with Crippen molar-refractivity contribution in [2.24, 2.45) is 7.05 Å². The Bertz CT molecular complexity index is 679. The molecule has 1 aromatic heterocycles. The smallest absolute Gasteiger partial charge is 0.334 e. The standard InChI is InChI=1S/C14H15F3N4O/c1-9-10(8-19-21(9)2)7-18-13(22)20-12-5-3-4-11(6-12)14(15,16)17/h3-6,8H,7H2,1-2H3,(H2,18,20,22). The van der Waals surface area contributed by atoms with E-state index in [1.807, 2.05) is 6.92 Å². The van der Waals surface area contributed by atoms with Gasteiger partial charge in [0.25, 0.3) is 0 Å². The quantitative estimate of drug-likeness (QED) is 0.915. The molecule has 2 N–H and O–H groups in total. The van der Waals surface area contributed by atoms with Gasteiger partial charge in [-0.25, -0.2) is 4.79 Å². The first-order chi connectivity index (χ1) is 10.3. The number of hydrogen-bond donors (Lipinski definition) is 2. The minimum Gasteiger partial charge on any atom is -0.334 e. The van der Waals surface area contributed by atoms with Gasteiger partial charge >= 0.3 is 12.2 Å². The molecule has 8 heteroatoms. The van der Waals surface area contributed by atoms with Crippen LogP contribution in [-0.4, -0.2) is 15.8 Å². The number of anilines is 1. The summed E-state index contributed by atoms with van der Waals surface area (Å²) in [6.45, 7) is 2.10. The summed E-state index contributed by atoms with van der Waals surface area (Å²) in [6.07, 6.45) is -2.82. The van der Waals surface area contributed by atoms with Crippen LogP contribution in [-0.2, 0) is 19.8 Å². The molecule has 0 saturated heterocycles. The Hall–Kier alpha value is -2.51. The Morgan fingerprint density at radius 2 is 2.09 bits per heavy atom. The maximum atomic E-state index is 12.6. The molecular weight excluding hydrogens is 297 g/mol. The predicted molar refractivity (Wildman–Crippen MR) is 75.2 cm³/mol. The van der Waals surface area contributed by atoms with Crippen LogP contribution in [0.2, 0.25) is 0 Å². The molecule has 0 bridgehead atoms. The lowest BCUT2D eigenvalue weighted by Crippen LogP contribution is -2.28. The molecule has 5 nitrogen and oxygen atoms in total. The molecular formula is C14H15F3N4O. The summed E-state index contributed by atoms with van der Waals surface area (Å²) < 4.78 is 39.4. The molecule has 0 aliphatic rings. The highest BCUT2D eigenvalue weighted by Crippen LogP contribution is 2.30. The van der Waals surface area contributed by atoms with Crippen LogP contribution in [0.15, 0.2) is 30.5 Å². The van der Waals surface area contributed by atoms with Crippen LogP contribution in [0.1, 0.15) is 16.8 Å². The zero-order valence-corrected chi connectivity index (χ0v) is 12.0. The lowest BCUT2D eigenvalue weighted by atomic mass is 10.2. The number of nitrogens with one attached hydrogen (secondary N) is 2. The fourth-order valence-electron chi connectivity index (χ4n) is 1.84. The number of carbonyl (C=O) groups excluding carboxylic acids is 1. The van der Waals surface area contributed by atoms with Crippen molar-refractivity contribution in [3.8, 4) is 0 Å². The second kappa shape index (κ2) is 6.08. The van der Waals surface area contributed by atoms with Gasteiger partial charge in [-0.15, -0.1) is 0 Å². The van der Waals surface area contributed by atoms with Gasteiger partial charge in [-0.05, 0) is 25.1 Å². The van der Waals surface area contributed by atoms with Gasteiger partial charge in [0.1, 0.15) is 0 Å². The van der Waals surface area contributed by atoms with Crippen molar-refractivity contribution in [1.82, 2.24) is 15.1 Å². The molecule has 0 radical (unpaired) electrons. The number of halogens is 3. The van der Waals surface area contributed by atoms with Crippen molar-refractivity contribution in [2.75, 3.05) is 5.32 Å². The Balaban J connectivity index is 1.96. The maximum Gasteiger partial charge on any atom is 0.416 e. The third-order valence-electron chi connectivity index (χ3n) is 3.22. The molecule has 2 amide bonds. The van der Waals surface area contributed by atoms with Crippen LogP contribution >= 0.6 is 0 Å². The van der Waals surface area contributed by atoms with Crippen molar-refractivity contribution in [1.29, 1.82) is 0 Å². The van der Waals surface area contributed by atoms with Crippen LogP contribution in [0, 0.1) is 6.92 Å². The first-order valence-corrected chi connectivity index (χ1v) is 6.47. The van der Waals surface area contributed by atoms with Gasteiger partial charge in [0, 0.05) is 30.5 Å². The van der Waals surface area contributed by atoms with Gasteiger partial charge < -0.3 is 10.6 Å². The molecule has 118 valence electrons. The zero-order chi connectivity index (χ0) is 16.3. The van der Waals surface area contributed by atoms with E-state index in [-0.39, 0.29) is 12.2 Å². The monoisotopic (exact) mass is 312 g/mol. The molecule has 2 rings (SSSR count). The number of alkyl halides is 3. The SMILES string of the molecule is Cc1c(CNC(=O)Nc2cccc(C(F)(F)F)c2)cnn1C. The number of nitrogens with zero attached hydrogens (tertiary/aromatic N) is 2. The Kier molecular flexibility index (Phi) is 4.39. The van der Waals surface area contributed by atoms with Crippen molar-refractivity contribution in [2.45, 2.75) is 19.6 Å². The second-order valence-electron chi connectivity index (χ2n) is 4.77. The molecule has 2 aromatic rings. The Labute approximate surface area is 125 Å². The van der Waals surface area contributed by atoms with Crippen LogP contribution < -0.4 is 10.6 Å². The topological polar surface area (TPSA) is 59.0 Å². The van der Waals surface area contributed by atoms with Crippen molar-refractivity contribution < 1.29 is 18.0 Å². The summed E-state index contributed by atoms with van der Waals surface area (Å²) in [6, 6.07) is 3.88. The van der Waals surface area contributed by atoms with Gasteiger partial charge in [-0.3, -0.25) is 4.68 Å². The van der Waals surface area contributed by atoms with E-state index in [0.717, 1.165) is 23.4 Å². The highest BCUT2D eigenvalue weighted by molar-refractivity contribution is 5.89. The van der Waals surface area contributed by atoms with Crippen LogP contribution in [0.25, 0.3) is 0 Å². The molecule has 0 unspecified atom stereocenters. The molecule has 0 saturated carbocycles. The molecule has 0 spiro atoms. The van der Waals surface area contributed by atoms with E-state index in [9.17, 15) is 18.0 Å². The second-order valence-corrected chi connectivity index (χ2v) is 4.77. The third-order valence-corrected chi connectivity index (χ3v) is 3.22. The van der Waals surface area contributed by atoms with E-state index in [1.54, 1.807) is 17.9 Å². The Morgan fingerprint density at radius 1 is 1.36 bits per heavy atom. The number of aromatic nitrogens is 2. The van der Waals surface area contributed by atoms with Crippen molar-refractivity contribution in [3.05, 3.63) is 47.3 Å².